The molecule has 2 N–H and O–H groups in total. The molecule has 0 saturated heterocycles. The van der Waals surface area contributed by atoms with E-state index in [1.54, 1.807) is 18.0 Å². The van der Waals surface area contributed by atoms with Crippen LogP contribution in [0.1, 0.15) is 41.0 Å². The third-order valence-corrected chi connectivity index (χ3v) is 6.11. The molecule has 0 saturated carbocycles. The van der Waals surface area contributed by atoms with Crippen LogP contribution in [0.4, 0.5) is 0 Å². The van der Waals surface area contributed by atoms with E-state index >= 15 is 0 Å². The minimum atomic E-state index is -4.05. The number of hydrogen-bond donors (Lipinski definition) is 2. The molecular formula is C11H24N2O5S2. The number of rotatable bonds is 7. The molecule has 0 aromatic heterocycles. The first-order valence-corrected chi connectivity index (χ1v) is 9.68. The number of amides is 1. The van der Waals surface area contributed by atoms with Gasteiger partial charge in [0.05, 0.1) is 12.0 Å². The van der Waals surface area contributed by atoms with E-state index in [1.807, 2.05) is 6.92 Å². The van der Waals surface area contributed by atoms with E-state index in [-0.39, 0.29) is 5.91 Å². The van der Waals surface area contributed by atoms with E-state index in [0.29, 0.717) is 6.42 Å². The zero-order chi connectivity index (χ0) is 16.4. The average molecular weight is 328 g/mol. The fourth-order valence-corrected chi connectivity index (χ4v) is 4.51. The highest BCUT2D eigenvalue weighted by Crippen LogP contribution is 2.21. The Morgan fingerprint density at radius 2 is 1.50 bits per heavy atom. The highest BCUT2D eigenvalue weighted by atomic mass is 32.3. The van der Waals surface area contributed by atoms with E-state index in [2.05, 4.69) is 5.32 Å². The van der Waals surface area contributed by atoms with Crippen molar-refractivity contribution in [3.05, 3.63) is 0 Å². The Balaban J connectivity index is 4.98. The van der Waals surface area contributed by atoms with Crippen LogP contribution in [-0.4, -0.2) is 40.3 Å². The number of sulfonamides is 2. The number of carbonyl (C=O) groups is 1. The van der Waals surface area contributed by atoms with Gasteiger partial charge in [0.2, 0.25) is 26.0 Å². The third kappa shape index (κ3) is 7.20. The van der Waals surface area contributed by atoms with Crippen LogP contribution in [0.5, 0.6) is 0 Å². The van der Waals surface area contributed by atoms with Gasteiger partial charge in [-0.15, -0.1) is 4.13 Å². The smallest absolute Gasteiger partial charge is 0.226 e. The predicted octanol–water partition coefficient (Wildman–Crippen LogP) is 0.196. The summed E-state index contributed by atoms with van der Waals surface area (Å²) in [6, 6.07) is 0. The molecule has 20 heavy (non-hydrogen) atoms. The Hall–Kier alpha value is -0.670. The maximum absolute atomic E-state index is 12.0. The first-order chi connectivity index (χ1) is 8.60. The van der Waals surface area contributed by atoms with Gasteiger partial charge in [0.25, 0.3) is 0 Å². The van der Waals surface area contributed by atoms with Gasteiger partial charge in [0.1, 0.15) is 0 Å². The van der Waals surface area contributed by atoms with Crippen LogP contribution in [0.3, 0.4) is 0 Å². The van der Waals surface area contributed by atoms with Crippen molar-refractivity contribution in [3.63, 3.8) is 0 Å². The molecule has 0 aliphatic carbocycles. The standard InChI is InChI=1S/C11H24N2O5S2/c1-7-10(2,3)9(14)12-11(4,5)8-20(17,18)13-19(6,15)16/h13H,7-8H2,1-6H3,(H,12,14). The van der Waals surface area contributed by atoms with E-state index < -0.39 is 36.8 Å². The minimum absolute atomic E-state index is 0.278. The summed E-state index contributed by atoms with van der Waals surface area (Å²) in [5.74, 6) is -0.807. The summed E-state index contributed by atoms with van der Waals surface area (Å²) in [6.07, 6.45) is 1.36. The van der Waals surface area contributed by atoms with E-state index in [9.17, 15) is 21.6 Å². The summed E-state index contributed by atoms with van der Waals surface area (Å²) in [5.41, 5.74) is -1.70. The quantitative estimate of drug-likeness (QED) is 0.693. The van der Waals surface area contributed by atoms with Gasteiger partial charge < -0.3 is 5.32 Å². The molecule has 0 unspecified atom stereocenters. The molecule has 0 fully saturated rings. The van der Waals surface area contributed by atoms with Crippen LogP contribution < -0.4 is 9.44 Å². The highest BCUT2D eigenvalue weighted by molar-refractivity contribution is 8.04. The lowest BCUT2D eigenvalue weighted by Gasteiger charge is -2.31. The second-order valence-electron chi connectivity index (χ2n) is 6.19. The van der Waals surface area contributed by atoms with Gasteiger partial charge >= 0.3 is 0 Å². The fourth-order valence-electron chi connectivity index (χ4n) is 1.41. The van der Waals surface area contributed by atoms with Gasteiger partial charge in [-0.05, 0) is 20.3 Å². The van der Waals surface area contributed by atoms with E-state index in [4.69, 9.17) is 0 Å². The summed E-state index contributed by atoms with van der Waals surface area (Å²) in [7, 11) is -7.91. The summed E-state index contributed by atoms with van der Waals surface area (Å²) in [5, 5.41) is 2.64. The van der Waals surface area contributed by atoms with Crippen LogP contribution >= 0.6 is 0 Å². The van der Waals surface area contributed by atoms with Gasteiger partial charge in [-0.3, -0.25) is 4.79 Å². The predicted molar refractivity (Wildman–Crippen MR) is 78.1 cm³/mol. The molecule has 0 radical (unpaired) electrons. The number of carbonyl (C=O) groups excluding carboxylic acids is 1. The van der Waals surface area contributed by atoms with Crippen molar-refractivity contribution >= 4 is 26.0 Å². The minimum Gasteiger partial charge on any atom is -0.350 e. The van der Waals surface area contributed by atoms with Gasteiger partial charge in [0, 0.05) is 11.0 Å². The summed E-state index contributed by atoms with van der Waals surface area (Å²) in [4.78, 5) is 12.0. The molecule has 0 heterocycles. The largest absolute Gasteiger partial charge is 0.350 e. The first kappa shape index (κ1) is 19.3. The lowest BCUT2D eigenvalue weighted by molar-refractivity contribution is -0.130. The Morgan fingerprint density at radius 3 is 1.85 bits per heavy atom. The van der Waals surface area contributed by atoms with Crippen molar-refractivity contribution in [2.24, 2.45) is 5.41 Å². The molecule has 9 heteroatoms. The Morgan fingerprint density at radius 1 is 1.05 bits per heavy atom. The molecule has 7 nitrogen and oxygen atoms in total. The molecule has 0 aliphatic rings. The lowest BCUT2D eigenvalue weighted by atomic mass is 9.88. The van der Waals surface area contributed by atoms with E-state index in [0.717, 1.165) is 6.26 Å². The van der Waals surface area contributed by atoms with Gasteiger partial charge in [-0.2, -0.15) is 0 Å². The molecular weight excluding hydrogens is 304 g/mol. The first-order valence-electron chi connectivity index (χ1n) is 6.14. The van der Waals surface area contributed by atoms with Crippen molar-refractivity contribution in [1.82, 2.24) is 9.44 Å². The molecule has 1 amide bonds. The van der Waals surface area contributed by atoms with E-state index in [1.165, 1.54) is 13.8 Å². The zero-order valence-corrected chi connectivity index (χ0v) is 14.4. The van der Waals surface area contributed by atoms with Crippen molar-refractivity contribution in [1.29, 1.82) is 0 Å². The highest BCUT2D eigenvalue weighted by Gasteiger charge is 2.34. The Labute approximate surface area is 121 Å². The summed E-state index contributed by atoms with van der Waals surface area (Å²) in [6.45, 7) is 8.41. The van der Waals surface area contributed by atoms with Gasteiger partial charge in [-0.1, -0.05) is 20.8 Å². The Kier molecular flexibility index (Phi) is 5.78. The average Bonchev–Trinajstić information content (AvgIpc) is 2.10. The molecule has 0 spiro atoms. The summed E-state index contributed by atoms with van der Waals surface area (Å²) >= 11 is 0. The van der Waals surface area contributed by atoms with Crippen molar-refractivity contribution in [3.8, 4) is 0 Å². The molecule has 0 atom stereocenters. The molecule has 0 aromatic carbocycles. The monoisotopic (exact) mass is 328 g/mol. The zero-order valence-electron chi connectivity index (χ0n) is 12.8. The van der Waals surface area contributed by atoms with Gasteiger partial charge in [-0.25, -0.2) is 16.8 Å². The van der Waals surface area contributed by atoms with Crippen LogP contribution in [0.2, 0.25) is 0 Å². The number of nitrogens with one attached hydrogen (secondary N) is 2. The van der Waals surface area contributed by atoms with Crippen LogP contribution in [-0.2, 0) is 24.8 Å². The molecule has 0 rings (SSSR count). The van der Waals surface area contributed by atoms with Crippen molar-refractivity contribution in [2.75, 3.05) is 12.0 Å². The topological polar surface area (TPSA) is 109 Å². The van der Waals surface area contributed by atoms with Crippen molar-refractivity contribution < 1.29 is 21.6 Å². The maximum atomic E-state index is 12.0. The Bertz CT molecular complexity index is 562. The second-order valence-corrected chi connectivity index (χ2v) is 9.92. The van der Waals surface area contributed by atoms with Crippen LogP contribution in [0, 0.1) is 5.41 Å². The molecule has 0 aromatic rings. The van der Waals surface area contributed by atoms with Crippen molar-refractivity contribution in [2.45, 2.75) is 46.6 Å². The third-order valence-electron chi connectivity index (χ3n) is 2.78. The summed E-state index contributed by atoms with van der Waals surface area (Å²) < 4.78 is 47.0. The normalized spacial score (nSPS) is 14.1. The molecule has 0 aliphatic heterocycles. The van der Waals surface area contributed by atoms with Crippen LogP contribution in [0.15, 0.2) is 0 Å². The maximum Gasteiger partial charge on any atom is 0.226 e. The molecule has 120 valence electrons. The molecule has 0 bridgehead atoms. The van der Waals surface area contributed by atoms with Crippen LogP contribution in [0.25, 0.3) is 0 Å². The lowest BCUT2D eigenvalue weighted by Crippen LogP contribution is -2.54. The SMILES string of the molecule is CCC(C)(C)C(=O)NC(C)(C)CS(=O)(=O)NS(C)(=O)=O. The fraction of sp³-hybridized carbons (Fsp3) is 0.909. The second kappa shape index (κ2) is 5.98. The number of hydrogen-bond acceptors (Lipinski definition) is 5. The van der Waals surface area contributed by atoms with Gasteiger partial charge in [0.15, 0.2) is 0 Å².